The van der Waals surface area contributed by atoms with Gasteiger partial charge < -0.3 is 9.88 Å². The number of nitrogens with zero attached hydrogens (tertiary/aromatic N) is 2. The van der Waals surface area contributed by atoms with Crippen LogP contribution in [-0.2, 0) is 4.79 Å². The van der Waals surface area contributed by atoms with E-state index in [0.29, 0.717) is 0 Å². The van der Waals surface area contributed by atoms with Crippen LogP contribution in [0.1, 0.15) is 25.5 Å². The molecule has 1 aromatic carbocycles. The summed E-state index contributed by atoms with van der Waals surface area (Å²) in [7, 11) is 0. The van der Waals surface area contributed by atoms with Crippen molar-refractivity contribution in [2.45, 2.75) is 19.8 Å². The summed E-state index contributed by atoms with van der Waals surface area (Å²) in [5.41, 5.74) is 2.93. The summed E-state index contributed by atoms with van der Waals surface area (Å²) in [6.45, 7) is 3.97. The standard InChI is InChI=1S/C20H21N3O/c1-14-8-10-23(11-9-14)20(24)7-6-15-12-17-16-4-2-3-5-18(16)22-19(17)13-21-15/h2-7,12-14,22H,8-11H2,1H3/b7-6+. The van der Waals surface area contributed by atoms with Crippen LogP contribution in [0.2, 0.25) is 0 Å². The summed E-state index contributed by atoms with van der Waals surface area (Å²) < 4.78 is 0. The van der Waals surface area contributed by atoms with Crippen LogP contribution in [0.4, 0.5) is 0 Å². The third-order valence-corrected chi connectivity index (χ3v) is 4.90. The third kappa shape index (κ3) is 2.80. The minimum Gasteiger partial charge on any atom is -0.353 e. The lowest BCUT2D eigenvalue weighted by molar-refractivity contribution is -0.127. The molecule has 0 radical (unpaired) electrons. The van der Waals surface area contributed by atoms with Crippen LogP contribution in [0.3, 0.4) is 0 Å². The maximum atomic E-state index is 12.3. The average Bonchev–Trinajstić information content (AvgIpc) is 2.98. The van der Waals surface area contributed by atoms with Crippen LogP contribution in [0.15, 0.2) is 42.6 Å². The molecule has 1 aliphatic heterocycles. The Morgan fingerprint density at radius 2 is 2.00 bits per heavy atom. The largest absolute Gasteiger partial charge is 0.353 e. The Labute approximate surface area is 141 Å². The van der Waals surface area contributed by atoms with E-state index in [0.717, 1.165) is 54.0 Å². The number of rotatable bonds is 2. The zero-order chi connectivity index (χ0) is 16.5. The third-order valence-electron chi connectivity index (χ3n) is 4.90. The van der Waals surface area contributed by atoms with Gasteiger partial charge in [0.1, 0.15) is 0 Å². The number of hydrogen-bond acceptors (Lipinski definition) is 2. The monoisotopic (exact) mass is 319 g/mol. The summed E-state index contributed by atoms with van der Waals surface area (Å²) >= 11 is 0. The van der Waals surface area contributed by atoms with E-state index in [9.17, 15) is 4.79 Å². The number of piperidine rings is 1. The van der Waals surface area contributed by atoms with Crippen molar-refractivity contribution in [3.8, 4) is 0 Å². The molecule has 24 heavy (non-hydrogen) atoms. The number of fused-ring (bicyclic) bond motifs is 3. The van der Waals surface area contributed by atoms with Crippen molar-refractivity contribution in [3.63, 3.8) is 0 Å². The van der Waals surface area contributed by atoms with Crippen LogP contribution in [-0.4, -0.2) is 33.9 Å². The lowest BCUT2D eigenvalue weighted by atomic mass is 9.99. The van der Waals surface area contributed by atoms with Gasteiger partial charge in [0, 0.05) is 35.5 Å². The number of aromatic amines is 1. The van der Waals surface area contributed by atoms with Crippen molar-refractivity contribution in [1.82, 2.24) is 14.9 Å². The summed E-state index contributed by atoms with van der Waals surface area (Å²) in [5, 5.41) is 2.32. The van der Waals surface area contributed by atoms with Gasteiger partial charge in [0.25, 0.3) is 0 Å². The van der Waals surface area contributed by atoms with Gasteiger partial charge in [0.05, 0.1) is 17.4 Å². The van der Waals surface area contributed by atoms with Gasteiger partial charge in [-0.3, -0.25) is 9.78 Å². The highest BCUT2D eigenvalue weighted by Crippen LogP contribution is 2.25. The summed E-state index contributed by atoms with van der Waals surface area (Å²) in [4.78, 5) is 22.0. The number of carbonyl (C=O) groups excluding carboxylic acids is 1. The number of likely N-dealkylation sites (tertiary alicyclic amines) is 1. The molecule has 3 heterocycles. The molecule has 0 saturated carbocycles. The number of hydrogen-bond donors (Lipinski definition) is 1. The Bertz CT molecular complexity index is 917. The Hall–Kier alpha value is -2.62. The molecule has 3 aromatic rings. The predicted molar refractivity (Wildman–Crippen MR) is 97.6 cm³/mol. The summed E-state index contributed by atoms with van der Waals surface area (Å²) in [5.74, 6) is 0.812. The van der Waals surface area contributed by atoms with Crippen LogP contribution < -0.4 is 0 Å². The summed E-state index contributed by atoms with van der Waals surface area (Å²) in [6, 6.07) is 10.3. The number of H-pyrrole nitrogens is 1. The Balaban J connectivity index is 1.57. The second-order valence-electron chi connectivity index (χ2n) is 6.67. The number of nitrogens with one attached hydrogen (secondary N) is 1. The molecule has 1 amide bonds. The highest BCUT2D eigenvalue weighted by Gasteiger charge is 2.18. The van der Waals surface area contributed by atoms with Crippen molar-refractivity contribution in [2.75, 3.05) is 13.1 Å². The van der Waals surface area contributed by atoms with Crippen LogP contribution in [0.5, 0.6) is 0 Å². The van der Waals surface area contributed by atoms with Gasteiger partial charge in [0.2, 0.25) is 5.91 Å². The van der Waals surface area contributed by atoms with Gasteiger partial charge in [-0.05, 0) is 37.0 Å². The van der Waals surface area contributed by atoms with Gasteiger partial charge >= 0.3 is 0 Å². The first kappa shape index (κ1) is 14.9. The lowest BCUT2D eigenvalue weighted by Crippen LogP contribution is -2.36. The Morgan fingerprint density at radius 1 is 1.21 bits per heavy atom. The molecule has 4 rings (SSSR count). The van der Waals surface area contributed by atoms with Gasteiger partial charge in [-0.1, -0.05) is 25.1 Å². The first-order valence-corrected chi connectivity index (χ1v) is 8.54. The molecule has 4 nitrogen and oxygen atoms in total. The van der Waals surface area contributed by atoms with Crippen molar-refractivity contribution in [3.05, 3.63) is 48.3 Å². The lowest BCUT2D eigenvalue weighted by Gasteiger charge is -2.29. The molecular formula is C20H21N3O. The van der Waals surface area contributed by atoms with Crippen LogP contribution in [0, 0.1) is 5.92 Å². The van der Waals surface area contributed by atoms with Gasteiger partial charge in [-0.25, -0.2) is 0 Å². The van der Waals surface area contributed by atoms with Gasteiger partial charge in [0.15, 0.2) is 0 Å². The van der Waals surface area contributed by atoms with E-state index >= 15 is 0 Å². The molecular weight excluding hydrogens is 298 g/mol. The molecule has 1 fully saturated rings. The zero-order valence-corrected chi connectivity index (χ0v) is 13.8. The second kappa shape index (κ2) is 6.11. The van der Waals surface area contributed by atoms with Gasteiger partial charge in [-0.2, -0.15) is 0 Å². The van der Waals surface area contributed by atoms with Gasteiger partial charge in [-0.15, -0.1) is 0 Å². The number of amides is 1. The van der Waals surface area contributed by atoms with Crippen molar-refractivity contribution < 1.29 is 4.79 Å². The summed E-state index contributed by atoms with van der Waals surface area (Å²) in [6.07, 6.45) is 7.50. The van der Waals surface area contributed by atoms with E-state index < -0.39 is 0 Å². The predicted octanol–water partition coefficient (Wildman–Crippen LogP) is 3.99. The van der Waals surface area contributed by atoms with Crippen molar-refractivity contribution in [1.29, 1.82) is 0 Å². The molecule has 4 heteroatoms. The molecule has 0 spiro atoms. The van der Waals surface area contributed by atoms with E-state index in [4.69, 9.17) is 0 Å². The van der Waals surface area contributed by atoms with Crippen molar-refractivity contribution in [2.24, 2.45) is 5.92 Å². The normalized spacial score (nSPS) is 16.5. The van der Waals surface area contributed by atoms with Crippen LogP contribution in [0.25, 0.3) is 27.9 Å². The van der Waals surface area contributed by atoms with Crippen molar-refractivity contribution >= 4 is 33.8 Å². The minimum atomic E-state index is 0.0859. The number of aromatic nitrogens is 2. The second-order valence-corrected chi connectivity index (χ2v) is 6.67. The molecule has 0 bridgehead atoms. The average molecular weight is 319 g/mol. The molecule has 122 valence electrons. The van der Waals surface area contributed by atoms with E-state index in [1.54, 1.807) is 6.08 Å². The highest BCUT2D eigenvalue weighted by atomic mass is 16.2. The van der Waals surface area contributed by atoms with Crippen LogP contribution >= 0.6 is 0 Å². The first-order chi connectivity index (χ1) is 11.7. The SMILES string of the molecule is CC1CCN(C(=O)/C=C/c2cc3c(cn2)[nH]c2ccccc23)CC1. The van der Waals surface area contributed by atoms with E-state index in [1.807, 2.05) is 35.4 Å². The molecule has 1 saturated heterocycles. The maximum absolute atomic E-state index is 12.3. The first-order valence-electron chi connectivity index (χ1n) is 8.54. The quantitative estimate of drug-likeness (QED) is 0.726. The molecule has 2 aromatic heterocycles. The number of para-hydroxylation sites is 1. The Morgan fingerprint density at radius 3 is 2.83 bits per heavy atom. The number of pyridine rings is 1. The van der Waals surface area contributed by atoms with E-state index in [2.05, 4.69) is 29.0 Å². The molecule has 1 aliphatic rings. The Kier molecular flexibility index (Phi) is 3.81. The smallest absolute Gasteiger partial charge is 0.246 e. The fraction of sp³-hybridized carbons (Fsp3) is 0.300. The maximum Gasteiger partial charge on any atom is 0.246 e. The molecule has 0 unspecified atom stereocenters. The van der Waals surface area contributed by atoms with E-state index in [1.165, 1.54) is 5.39 Å². The number of carbonyl (C=O) groups is 1. The van der Waals surface area contributed by atoms with E-state index in [-0.39, 0.29) is 5.91 Å². The fourth-order valence-electron chi connectivity index (χ4n) is 3.35. The molecule has 0 atom stereocenters. The fourth-order valence-corrected chi connectivity index (χ4v) is 3.35. The number of benzene rings is 1. The zero-order valence-electron chi connectivity index (χ0n) is 13.8. The highest BCUT2D eigenvalue weighted by molar-refractivity contribution is 6.07. The molecule has 0 aliphatic carbocycles. The molecule has 1 N–H and O–H groups in total. The minimum absolute atomic E-state index is 0.0859. The topological polar surface area (TPSA) is 49.0 Å².